The van der Waals surface area contributed by atoms with Gasteiger partial charge >= 0.3 is 0 Å². The lowest BCUT2D eigenvalue weighted by Gasteiger charge is -2.17. The molecule has 1 unspecified atom stereocenters. The Balaban J connectivity index is 1.69. The highest BCUT2D eigenvalue weighted by Crippen LogP contribution is 2.29. The molecule has 1 aromatic carbocycles. The smallest absolute Gasteiger partial charge is 0.293 e. The Morgan fingerprint density at radius 1 is 1.38 bits per heavy atom. The molecule has 24 heavy (non-hydrogen) atoms. The standard InChI is InChI=1S/C16H15BrN4O3/c17-11-4-5-13(15(9-11)21(23)24)19-12-6-8-20(10-12)16(22)14-3-1-2-7-18-14/h1-5,7,9,12,19H,6,8,10H2. The molecule has 0 saturated carbocycles. The molecule has 124 valence electrons. The average Bonchev–Trinajstić information content (AvgIpc) is 3.05. The van der Waals surface area contributed by atoms with Crippen molar-refractivity contribution in [2.24, 2.45) is 0 Å². The summed E-state index contributed by atoms with van der Waals surface area (Å²) in [5.74, 6) is -0.120. The van der Waals surface area contributed by atoms with Gasteiger partial charge in [-0.05, 0) is 30.7 Å². The van der Waals surface area contributed by atoms with Crippen molar-refractivity contribution in [1.82, 2.24) is 9.88 Å². The number of likely N-dealkylation sites (tertiary alicyclic amines) is 1. The summed E-state index contributed by atoms with van der Waals surface area (Å²) in [6, 6.07) is 10.1. The van der Waals surface area contributed by atoms with Crippen LogP contribution in [0.2, 0.25) is 0 Å². The molecule has 1 aromatic heterocycles. The first-order valence-electron chi connectivity index (χ1n) is 7.45. The SMILES string of the molecule is O=C(c1ccccn1)N1CCC(Nc2ccc(Br)cc2[N+](=O)[O-])C1. The number of hydrogen-bond donors (Lipinski definition) is 1. The van der Waals surface area contributed by atoms with Crippen molar-refractivity contribution in [1.29, 1.82) is 0 Å². The van der Waals surface area contributed by atoms with Crippen LogP contribution in [0.4, 0.5) is 11.4 Å². The van der Waals surface area contributed by atoms with Crippen molar-refractivity contribution < 1.29 is 9.72 Å². The molecule has 1 saturated heterocycles. The van der Waals surface area contributed by atoms with Crippen molar-refractivity contribution in [3.63, 3.8) is 0 Å². The van der Waals surface area contributed by atoms with Gasteiger partial charge in [0.15, 0.2) is 0 Å². The molecule has 1 atom stereocenters. The lowest BCUT2D eigenvalue weighted by molar-refractivity contribution is -0.384. The first kappa shape index (κ1) is 16.4. The predicted octanol–water partition coefficient (Wildman–Crippen LogP) is 3.08. The molecule has 2 aromatic rings. The van der Waals surface area contributed by atoms with Gasteiger partial charge in [0.05, 0.1) is 4.92 Å². The van der Waals surface area contributed by atoms with Crippen molar-refractivity contribution in [2.75, 3.05) is 18.4 Å². The number of hydrogen-bond acceptors (Lipinski definition) is 5. The van der Waals surface area contributed by atoms with E-state index in [1.807, 2.05) is 0 Å². The fourth-order valence-corrected chi connectivity index (χ4v) is 3.06. The third kappa shape index (κ3) is 3.53. The first-order chi connectivity index (χ1) is 11.5. The fraction of sp³-hybridized carbons (Fsp3) is 0.250. The third-order valence-electron chi connectivity index (χ3n) is 3.88. The van der Waals surface area contributed by atoms with E-state index in [2.05, 4.69) is 26.2 Å². The summed E-state index contributed by atoms with van der Waals surface area (Å²) in [7, 11) is 0. The molecule has 1 aliphatic heterocycles. The maximum atomic E-state index is 12.4. The summed E-state index contributed by atoms with van der Waals surface area (Å²) in [6.07, 6.45) is 2.32. The van der Waals surface area contributed by atoms with Crippen LogP contribution < -0.4 is 5.32 Å². The Bertz CT molecular complexity index is 769. The van der Waals surface area contributed by atoms with Crippen LogP contribution in [0.3, 0.4) is 0 Å². The Kier molecular flexibility index (Phi) is 4.75. The molecular formula is C16H15BrN4O3. The maximum Gasteiger partial charge on any atom is 0.293 e. The topological polar surface area (TPSA) is 88.4 Å². The van der Waals surface area contributed by atoms with Gasteiger partial charge in [-0.15, -0.1) is 0 Å². The van der Waals surface area contributed by atoms with Gasteiger partial charge in [-0.2, -0.15) is 0 Å². The molecule has 8 heteroatoms. The van der Waals surface area contributed by atoms with Gasteiger partial charge in [0, 0.05) is 35.9 Å². The molecule has 0 radical (unpaired) electrons. The second-order valence-electron chi connectivity index (χ2n) is 5.51. The third-order valence-corrected chi connectivity index (χ3v) is 4.37. The maximum absolute atomic E-state index is 12.4. The van der Waals surface area contributed by atoms with E-state index in [-0.39, 0.29) is 17.6 Å². The molecule has 0 bridgehead atoms. The number of rotatable bonds is 4. The summed E-state index contributed by atoms with van der Waals surface area (Å²) in [5.41, 5.74) is 0.881. The number of pyridine rings is 1. The van der Waals surface area contributed by atoms with E-state index in [0.717, 1.165) is 6.42 Å². The molecule has 1 fully saturated rings. The van der Waals surface area contributed by atoms with Crippen molar-refractivity contribution in [3.05, 3.63) is 62.9 Å². The van der Waals surface area contributed by atoms with E-state index in [1.165, 1.54) is 6.07 Å². The number of anilines is 1. The number of halogens is 1. The van der Waals surface area contributed by atoms with Crippen LogP contribution in [-0.2, 0) is 0 Å². The summed E-state index contributed by atoms with van der Waals surface area (Å²) in [4.78, 5) is 28.9. The molecule has 2 heterocycles. The van der Waals surface area contributed by atoms with Crippen LogP contribution in [0.5, 0.6) is 0 Å². The van der Waals surface area contributed by atoms with Gasteiger partial charge in [-0.3, -0.25) is 19.9 Å². The number of aromatic nitrogens is 1. The molecule has 0 aliphatic carbocycles. The van der Waals surface area contributed by atoms with Crippen LogP contribution in [0.25, 0.3) is 0 Å². The minimum atomic E-state index is -0.418. The number of amides is 1. The number of benzene rings is 1. The van der Waals surface area contributed by atoms with Crippen molar-refractivity contribution in [2.45, 2.75) is 12.5 Å². The molecule has 1 N–H and O–H groups in total. The molecule has 1 amide bonds. The molecule has 0 spiro atoms. The lowest BCUT2D eigenvalue weighted by Crippen LogP contribution is -2.32. The zero-order chi connectivity index (χ0) is 17.1. The van der Waals surface area contributed by atoms with E-state index in [0.29, 0.717) is 28.9 Å². The van der Waals surface area contributed by atoms with E-state index < -0.39 is 4.92 Å². The molecule has 1 aliphatic rings. The quantitative estimate of drug-likeness (QED) is 0.639. The number of nitrogens with zero attached hydrogens (tertiary/aromatic N) is 3. The number of nitro benzene ring substituents is 1. The number of nitrogens with one attached hydrogen (secondary N) is 1. The van der Waals surface area contributed by atoms with Gasteiger partial charge in [0.1, 0.15) is 11.4 Å². The largest absolute Gasteiger partial charge is 0.375 e. The van der Waals surface area contributed by atoms with Crippen LogP contribution in [0.15, 0.2) is 47.1 Å². The van der Waals surface area contributed by atoms with Gasteiger partial charge in [-0.25, -0.2) is 0 Å². The zero-order valence-corrected chi connectivity index (χ0v) is 14.3. The number of nitro groups is 1. The first-order valence-corrected chi connectivity index (χ1v) is 8.24. The van der Waals surface area contributed by atoms with E-state index in [1.54, 1.807) is 41.4 Å². The Morgan fingerprint density at radius 3 is 2.92 bits per heavy atom. The van der Waals surface area contributed by atoms with Crippen LogP contribution in [-0.4, -0.2) is 39.8 Å². The normalized spacial score (nSPS) is 16.9. The Labute approximate surface area is 147 Å². The highest BCUT2D eigenvalue weighted by atomic mass is 79.9. The van der Waals surface area contributed by atoms with Gasteiger partial charge in [0.2, 0.25) is 0 Å². The van der Waals surface area contributed by atoms with Crippen molar-refractivity contribution in [3.8, 4) is 0 Å². The van der Waals surface area contributed by atoms with Gasteiger partial charge in [0.25, 0.3) is 11.6 Å². The molecular weight excluding hydrogens is 376 g/mol. The molecule has 3 rings (SSSR count). The van der Waals surface area contributed by atoms with E-state index in [9.17, 15) is 14.9 Å². The average molecular weight is 391 g/mol. The zero-order valence-electron chi connectivity index (χ0n) is 12.7. The Hall–Kier alpha value is -2.48. The minimum absolute atomic E-state index is 0.0128. The van der Waals surface area contributed by atoms with E-state index in [4.69, 9.17) is 0 Å². The highest BCUT2D eigenvalue weighted by molar-refractivity contribution is 9.10. The second-order valence-corrected chi connectivity index (χ2v) is 6.43. The number of carbonyl (C=O) groups is 1. The van der Waals surface area contributed by atoms with Crippen LogP contribution >= 0.6 is 15.9 Å². The minimum Gasteiger partial charge on any atom is -0.375 e. The van der Waals surface area contributed by atoms with Crippen LogP contribution in [0, 0.1) is 10.1 Å². The number of carbonyl (C=O) groups excluding carboxylic acids is 1. The van der Waals surface area contributed by atoms with E-state index >= 15 is 0 Å². The summed E-state index contributed by atoms with van der Waals surface area (Å²) < 4.78 is 0.651. The predicted molar refractivity (Wildman–Crippen MR) is 93.0 cm³/mol. The lowest BCUT2D eigenvalue weighted by atomic mass is 10.2. The summed E-state index contributed by atoms with van der Waals surface area (Å²) in [6.45, 7) is 1.08. The molecule has 7 nitrogen and oxygen atoms in total. The van der Waals surface area contributed by atoms with Gasteiger partial charge in [-0.1, -0.05) is 22.0 Å². The van der Waals surface area contributed by atoms with Gasteiger partial charge < -0.3 is 10.2 Å². The fourth-order valence-electron chi connectivity index (χ4n) is 2.71. The summed E-state index contributed by atoms with van der Waals surface area (Å²) >= 11 is 3.24. The van der Waals surface area contributed by atoms with Crippen molar-refractivity contribution >= 4 is 33.2 Å². The van der Waals surface area contributed by atoms with Crippen LogP contribution in [0.1, 0.15) is 16.9 Å². The second kappa shape index (κ2) is 6.96. The Morgan fingerprint density at radius 2 is 2.21 bits per heavy atom. The highest BCUT2D eigenvalue weighted by Gasteiger charge is 2.28. The monoisotopic (exact) mass is 390 g/mol. The summed E-state index contributed by atoms with van der Waals surface area (Å²) in [5, 5.41) is 14.4.